The zero-order valence-corrected chi connectivity index (χ0v) is 14.2. The molecule has 0 aromatic heterocycles. The number of anilines is 2. The molecule has 0 saturated carbocycles. The van der Waals surface area contributed by atoms with Gasteiger partial charge in [-0.05, 0) is 32.0 Å². The molecule has 0 saturated heterocycles. The van der Waals surface area contributed by atoms with Gasteiger partial charge >= 0.3 is 0 Å². The Hall–Kier alpha value is -1.66. The molecule has 4 N–H and O–H groups in total. The summed E-state index contributed by atoms with van der Waals surface area (Å²) in [6, 6.07) is 8.04. The van der Waals surface area contributed by atoms with Crippen molar-refractivity contribution < 1.29 is 0 Å². The lowest BCUT2D eigenvalue weighted by Crippen LogP contribution is -2.54. The van der Waals surface area contributed by atoms with E-state index in [1.54, 1.807) is 0 Å². The molecule has 21 heavy (non-hydrogen) atoms. The van der Waals surface area contributed by atoms with E-state index in [9.17, 15) is 0 Å². The number of aliphatic imine (C=N–C) groups is 2. The fraction of sp³-hybridized carbons (Fsp3) is 0.385. The number of rotatable bonds is 2. The summed E-state index contributed by atoms with van der Waals surface area (Å²) in [4.78, 5) is 12.3. The first kappa shape index (κ1) is 19.3. The van der Waals surface area contributed by atoms with E-state index in [1.165, 1.54) is 0 Å². The van der Waals surface area contributed by atoms with Gasteiger partial charge < -0.3 is 16.4 Å². The van der Waals surface area contributed by atoms with Crippen LogP contribution in [0.5, 0.6) is 0 Å². The number of hydrogen-bond donors (Lipinski definition) is 2. The zero-order chi connectivity index (χ0) is 14.2. The van der Waals surface area contributed by atoms with Gasteiger partial charge in [0, 0.05) is 25.5 Å². The minimum Gasteiger partial charge on any atom is -0.378 e. The van der Waals surface area contributed by atoms with Crippen molar-refractivity contribution in [2.75, 3.05) is 23.9 Å². The van der Waals surface area contributed by atoms with Gasteiger partial charge in [-0.2, -0.15) is 4.99 Å². The molecule has 0 bridgehead atoms. The molecule has 0 spiro atoms. The van der Waals surface area contributed by atoms with Crippen molar-refractivity contribution in [2.45, 2.75) is 19.5 Å². The molecule has 2 rings (SSSR count). The monoisotopic (exact) mass is 332 g/mol. The average Bonchev–Trinajstić information content (AvgIpc) is 2.26. The molecule has 1 aromatic rings. The molecule has 1 aliphatic rings. The van der Waals surface area contributed by atoms with Crippen LogP contribution in [0, 0.1) is 0 Å². The summed E-state index contributed by atoms with van der Waals surface area (Å²) in [5.74, 6) is 0.566. The van der Waals surface area contributed by atoms with E-state index in [0.717, 1.165) is 11.4 Å². The highest BCUT2D eigenvalue weighted by Crippen LogP contribution is 2.29. The van der Waals surface area contributed by atoms with Gasteiger partial charge in [-0.25, -0.2) is 4.99 Å². The maximum absolute atomic E-state index is 6.00. The molecule has 6 nitrogen and oxygen atoms in total. The standard InChI is InChI=1S/C13H20N6.2ClH/c1-13(2)17-11(14)16-12(15)19(13)10-7-5-6-9(8-10)18(3)4;;/h5-8H,1-4H3,(H4,14,15,16,17);2*1H. The number of halogens is 2. The Morgan fingerprint density at radius 1 is 1.14 bits per heavy atom. The highest BCUT2D eigenvalue weighted by Gasteiger charge is 2.32. The first-order valence-electron chi connectivity index (χ1n) is 6.08. The number of benzene rings is 1. The van der Waals surface area contributed by atoms with Crippen molar-refractivity contribution in [1.82, 2.24) is 0 Å². The fourth-order valence-electron chi connectivity index (χ4n) is 2.16. The van der Waals surface area contributed by atoms with Gasteiger partial charge in [0.2, 0.25) is 11.9 Å². The summed E-state index contributed by atoms with van der Waals surface area (Å²) >= 11 is 0. The Morgan fingerprint density at radius 2 is 1.76 bits per heavy atom. The largest absolute Gasteiger partial charge is 0.378 e. The quantitative estimate of drug-likeness (QED) is 0.864. The minimum absolute atomic E-state index is 0. The lowest BCUT2D eigenvalue weighted by Gasteiger charge is -2.38. The number of nitrogens with zero attached hydrogens (tertiary/aromatic N) is 4. The summed E-state index contributed by atoms with van der Waals surface area (Å²) in [5.41, 5.74) is 13.1. The van der Waals surface area contributed by atoms with Gasteiger partial charge in [0.15, 0.2) is 0 Å². The molecule has 0 unspecified atom stereocenters. The third kappa shape index (κ3) is 3.92. The molecule has 1 aliphatic heterocycles. The van der Waals surface area contributed by atoms with Gasteiger partial charge in [0.25, 0.3) is 0 Å². The molecule has 0 radical (unpaired) electrons. The normalized spacial score (nSPS) is 16.1. The van der Waals surface area contributed by atoms with E-state index in [4.69, 9.17) is 11.5 Å². The second-order valence-corrected chi connectivity index (χ2v) is 5.18. The minimum atomic E-state index is -0.555. The fourth-order valence-corrected chi connectivity index (χ4v) is 2.16. The molecule has 1 heterocycles. The first-order chi connectivity index (χ1) is 8.81. The molecule has 0 atom stereocenters. The van der Waals surface area contributed by atoms with Crippen LogP contribution in [0.15, 0.2) is 34.3 Å². The van der Waals surface area contributed by atoms with Crippen LogP contribution in [-0.4, -0.2) is 31.7 Å². The van der Waals surface area contributed by atoms with Crippen molar-refractivity contribution >= 4 is 48.1 Å². The maximum Gasteiger partial charge on any atom is 0.220 e. The number of guanidine groups is 2. The van der Waals surface area contributed by atoms with Crippen molar-refractivity contribution in [3.8, 4) is 0 Å². The number of nitrogens with two attached hydrogens (primary N) is 2. The highest BCUT2D eigenvalue weighted by atomic mass is 35.5. The molecular weight excluding hydrogens is 311 g/mol. The van der Waals surface area contributed by atoms with E-state index in [2.05, 4.69) is 9.98 Å². The van der Waals surface area contributed by atoms with E-state index >= 15 is 0 Å². The molecule has 0 fully saturated rings. The Balaban J connectivity index is 0.00000200. The molecule has 8 heteroatoms. The van der Waals surface area contributed by atoms with Crippen LogP contribution in [0.4, 0.5) is 11.4 Å². The molecule has 0 aliphatic carbocycles. The maximum atomic E-state index is 6.00. The zero-order valence-electron chi connectivity index (χ0n) is 12.6. The smallest absolute Gasteiger partial charge is 0.220 e. The summed E-state index contributed by atoms with van der Waals surface area (Å²) in [7, 11) is 3.99. The first-order valence-corrected chi connectivity index (χ1v) is 6.08. The van der Waals surface area contributed by atoms with Gasteiger partial charge in [0.05, 0.1) is 0 Å². The Bertz CT molecular complexity index is 553. The number of hydrogen-bond acceptors (Lipinski definition) is 6. The predicted octanol–water partition coefficient (Wildman–Crippen LogP) is 1.78. The van der Waals surface area contributed by atoms with Crippen molar-refractivity contribution in [2.24, 2.45) is 21.5 Å². The SMILES string of the molecule is CN(C)c1cccc(N2C(N)=NC(N)=NC2(C)C)c1.Cl.Cl. The lowest BCUT2D eigenvalue weighted by atomic mass is 10.1. The summed E-state index contributed by atoms with van der Waals surface area (Å²) in [6.07, 6.45) is 0. The predicted molar refractivity (Wildman–Crippen MR) is 95.1 cm³/mol. The van der Waals surface area contributed by atoms with Crippen LogP contribution in [0.25, 0.3) is 0 Å². The van der Waals surface area contributed by atoms with Gasteiger partial charge in [-0.15, -0.1) is 24.8 Å². The third-order valence-electron chi connectivity index (χ3n) is 3.00. The summed E-state index contributed by atoms with van der Waals surface area (Å²) < 4.78 is 0. The Labute approximate surface area is 137 Å². The van der Waals surface area contributed by atoms with Crippen LogP contribution in [0.1, 0.15) is 13.8 Å². The van der Waals surface area contributed by atoms with Crippen LogP contribution in [-0.2, 0) is 0 Å². The molecule has 118 valence electrons. The topological polar surface area (TPSA) is 83.2 Å². The molecule has 1 aromatic carbocycles. The molecule has 0 amide bonds. The molecular formula is C13H22Cl2N6. The third-order valence-corrected chi connectivity index (χ3v) is 3.00. The summed E-state index contributed by atoms with van der Waals surface area (Å²) in [5, 5.41) is 0. The van der Waals surface area contributed by atoms with Crippen LogP contribution < -0.4 is 21.3 Å². The van der Waals surface area contributed by atoms with Gasteiger partial charge in [0.1, 0.15) is 5.66 Å². The second kappa shape index (κ2) is 6.87. The van der Waals surface area contributed by atoms with Crippen LogP contribution in [0.3, 0.4) is 0 Å². The Kier molecular flexibility index (Phi) is 6.32. The second-order valence-electron chi connectivity index (χ2n) is 5.18. The van der Waals surface area contributed by atoms with E-state index in [-0.39, 0.29) is 30.8 Å². The van der Waals surface area contributed by atoms with E-state index in [0.29, 0.717) is 5.96 Å². The van der Waals surface area contributed by atoms with Crippen molar-refractivity contribution in [3.05, 3.63) is 24.3 Å². The summed E-state index contributed by atoms with van der Waals surface area (Å²) in [6.45, 7) is 3.90. The van der Waals surface area contributed by atoms with Gasteiger partial charge in [-0.3, -0.25) is 4.90 Å². The van der Waals surface area contributed by atoms with Crippen LogP contribution >= 0.6 is 24.8 Å². The van der Waals surface area contributed by atoms with Crippen molar-refractivity contribution in [1.29, 1.82) is 0 Å². The van der Waals surface area contributed by atoms with Gasteiger partial charge in [-0.1, -0.05) is 6.07 Å². The Morgan fingerprint density at radius 3 is 2.29 bits per heavy atom. The highest BCUT2D eigenvalue weighted by molar-refractivity contribution is 6.05. The van der Waals surface area contributed by atoms with E-state index < -0.39 is 5.66 Å². The average molecular weight is 333 g/mol. The lowest BCUT2D eigenvalue weighted by molar-refractivity contribution is 0.534. The van der Waals surface area contributed by atoms with Crippen LogP contribution in [0.2, 0.25) is 0 Å². The van der Waals surface area contributed by atoms with E-state index in [1.807, 2.05) is 62.0 Å². The van der Waals surface area contributed by atoms with Crippen molar-refractivity contribution in [3.63, 3.8) is 0 Å².